The lowest BCUT2D eigenvalue weighted by atomic mass is 10.1. The molecule has 8 heteroatoms. The van der Waals surface area contributed by atoms with Crippen molar-refractivity contribution in [1.82, 2.24) is 25.2 Å². The van der Waals surface area contributed by atoms with Gasteiger partial charge < -0.3 is 9.47 Å². The topological polar surface area (TPSA) is 77.9 Å². The van der Waals surface area contributed by atoms with E-state index in [0.29, 0.717) is 26.4 Å². The first-order chi connectivity index (χ1) is 15.3. The molecule has 1 aliphatic carbocycles. The van der Waals surface area contributed by atoms with E-state index in [1.54, 1.807) is 24.6 Å². The maximum Gasteiger partial charge on any atom is 0.108 e. The Hall–Kier alpha value is -3.25. The highest BCUT2D eigenvalue weighted by Crippen LogP contribution is 2.41. The molecule has 0 bridgehead atoms. The number of nitrogens with zero attached hydrogens (tertiary/aromatic N) is 4. The van der Waals surface area contributed by atoms with Crippen molar-refractivity contribution >= 4 is 11.3 Å². The minimum Gasteiger partial charge on any atom is -0.382 e. The first kappa shape index (κ1) is 19.7. The second-order valence-corrected chi connectivity index (χ2v) is 8.15. The highest BCUT2D eigenvalue weighted by molar-refractivity contribution is 7.11. The number of aromatic nitrogens is 5. The SMILES string of the molecule is COCCOCC#Cc1cc(-c2n[nH]c3c2Cc2ccc(Cn4ccnn4)cc2-3)cs1. The predicted octanol–water partition coefficient (Wildman–Crippen LogP) is 3.36. The molecule has 0 spiro atoms. The number of hydrogen-bond donors (Lipinski definition) is 1. The van der Waals surface area contributed by atoms with Gasteiger partial charge >= 0.3 is 0 Å². The van der Waals surface area contributed by atoms with Crippen LogP contribution in [-0.4, -0.2) is 52.1 Å². The van der Waals surface area contributed by atoms with E-state index >= 15 is 0 Å². The Morgan fingerprint density at radius 2 is 2.23 bits per heavy atom. The molecule has 1 aromatic carbocycles. The second-order valence-electron chi connectivity index (χ2n) is 7.24. The first-order valence-corrected chi connectivity index (χ1v) is 10.9. The largest absolute Gasteiger partial charge is 0.382 e. The van der Waals surface area contributed by atoms with E-state index in [1.807, 2.05) is 10.9 Å². The van der Waals surface area contributed by atoms with E-state index in [4.69, 9.17) is 9.47 Å². The van der Waals surface area contributed by atoms with Crippen LogP contribution in [-0.2, 0) is 22.4 Å². The zero-order valence-electron chi connectivity index (χ0n) is 17.1. The van der Waals surface area contributed by atoms with E-state index in [1.165, 1.54) is 22.3 Å². The Balaban J connectivity index is 1.33. The van der Waals surface area contributed by atoms with Crippen molar-refractivity contribution in [2.75, 3.05) is 26.9 Å². The molecule has 0 radical (unpaired) electrons. The van der Waals surface area contributed by atoms with Crippen molar-refractivity contribution in [2.45, 2.75) is 13.0 Å². The number of aromatic amines is 1. The average molecular weight is 432 g/mol. The van der Waals surface area contributed by atoms with Gasteiger partial charge in [0.05, 0.1) is 42.2 Å². The smallest absolute Gasteiger partial charge is 0.108 e. The fourth-order valence-corrected chi connectivity index (χ4v) is 4.48. The minimum absolute atomic E-state index is 0.403. The summed E-state index contributed by atoms with van der Waals surface area (Å²) in [5.41, 5.74) is 8.18. The molecular formula is C23H21N5O2S. The Kier molecular flexibility index (Phi) is 5.63. The molecule has 0 fully saturated rings. The highest BCUT2D eigenvalue weighted by Gasteiger charge is 2.25. The van der Waals surface area contributed by atoms with Gasteiger partial charge in [-0.25, -0.2) is 4.68 Å². The summed E-state index contributed by atoms with van der Waals surface area (Å²) >= 11 is 1.63. The van der Waals surface area contributed by atoms with Gasteiger partial charge in [-0.15, -0.1) is 16.4 Å². The van der Waals surface area contributed by atoms with Crippen LogP contribution in [0.4, 0.5) is 0 Å². The van der Waals surface area contributed by atoms with Crippen LogP contribution in [0.3, 0.4) is 0 Å². The quantitative estimate of drug-likeness (QED) is 0.316. The second kappa shape index (κ2) is 8.86. The lowest BCUT2D eigenvalue weighted by molar-refractivity contribution is 0.0877. The van der Waals surface area contributed by atoms with Crippen LogP contribution in [0, 0.1) is 11.8 Å². The van der Waals surface area contributed by atoms with Gasteiger partial charge in [-0.2, -0.15) is 5.10 Å². The van der Waals surface area contributed by atoms with Gasteiger partial charge in [0.1, 0.15) is 6.61 Å². The number of nitrogens with one attached hydrogen (secondary N) is 1. The molecule has 3 aromatic heterocycles. The van der Waals surface area contributed by atoms with E-state index in [0.717, 1.165) is 28.2 Å². The molecule has 4 aromatic rings. The molecule has 5 rings (SSSR count). The summed E-state index contributed by atoms with van der Waals surface area (Å²) in [6.45, 7) is 2.24. The number of rotatable bonds is 7. The third-order valence-corrected chi connectivity index (χ3v) is 6.03. The molecule has 7 nitrogen and oxygen atoms in total. The molecule has 0 saturated heterocycles. The Morgan fingerprint density at radius 1 is 1.26 bits per heavy atom. The van der Waals surface area contributed by atoms with Crippen molar-refractivity contribution in [3.05, 3.63) is 63.6 Å². The van der Waals surface area contributed by atoms with Crippen molar-refractivity contribution in [2.24, 2.45) is 0 Å². The number of benzene rings is 1. The van der Waals surface area contributed by atoms with Crippen molar-refractivity contribution in [3.8, 4) is 34.4 Å². The van der Waals surface area contributed by atoms with Crippen LogP contribution < -0.4 is 0 Å². The van der Waals surface area contributed by atoms with Gasteiger partial charge in [-0.1, -0.05) is 29.2 Å². The van der Waals surface area contributed by atoms with Gasteiger partial charge in [0.2, 0.25) is 0 Å². The van der Waals surface area contributed by atoms with Gasteiger partial charge in [0.15, 0.2) is 0 Å². The molecule has 0 atom stereocenters. The van der Waals surface area contributed by atoms with Crippen LogP contribution in [0.2, 0.25) is 0 Å². The third-order valence-electron chi connectivity index (χ3n) is 5.18. The van der Waals surface area contributed by atoms with Crippen LogP contribution in [0.5, 0.6) is 0 Å². The summed E-state index contributed by atoms with van der Waals surface area (Å²) in [4.78, 5) is 1.01. The number of ether oxygens (including phenoxy) is 2. The van der Waals surface area contributed by atoms with E-state index < -0.39 is 0 Å². The number of hydrogen-bond acceptors (Lipinski definition) is 6. The molecule has 31 heavy (non-hydrogen) atoms. The molecule has 0 saturated carbocycles. The number of H-pyrrole nitrogens is 1. The lowest BCUT2D eigenvalue weighted by Crippen LogP contribution is -2.01. The van der Waals surface area contributed by atoms with Crippen LogP contribution >= 0.6 is 11.3 Å². The highest BCUT2D eigenvalue weighted by atomic mass is 32.1. The van der Waals surface area contributed by atoms with Crippen molar-refractivity contribution in [1.29, 1.82) is 0 Å². The summed E-state index contributed by atoms with van der Waals surface area (Å²) in [5, 5.41) is 17.9. The Labute approximate surface area is 184 Å². The standard InChI is InChI=1S/C23H21N5O2S/c1-29-9-10-30-8-2-3-19-12-18(15-31-19)22-21-13-17-5-4-16(14-28-7-6-24-27-28)11-20(17)23(21)26-25-22/h4-7,11-12,15H,8-10,13-14H2,1H3,(H,25,26). The van der Waals surface area contributed by atoms with Crippen LogP contribution in [0.1, 0.15) is 21.6 Å². The summed E-state index contributed by atoms with van der Waals surface area (Å²) in [7, 11) is 1.66. The molecule has 3 heterocycles. The predicted molar refractivity (Wildman–Crippen MR) is 119 cm³/mol. The number of fused-ring (bicyclic) bond motifs is 3. The van der Waals surface area contributed by atoms with Crippen molar-refractivity contribution < 1.29 is 9.47 Å². The summed E-state index contributed by atoms with van der Waals surface area (Å²) < 4.78 is 12.2. The molecule has 0 amide bonds. The number of methoxy groups -OCH3 is 1. The fourth-order valence-electron chi connectivity index (χ4n) is 3.72. The van der Waals surface area contributed by atoms with E-state index in [2.05, 4.69) is 62.0 Å². The summed E-state index contributed by atoms with van der Waals surface area (Å²) in [5.74, 6) is 6.22. The third kappa shape index (κ3) is 4.16. The van der Waals surface area contributed by atoms with Crippen LogP contribution in [0.25, 0.3) is 22.5 Å². The zero-order chi connectivity index (χ0) is 21.0. The lowest BCUT2D eigenvalue weighted by Gasteiger charge is -2.05. The average Bonchev–Trinajstić information content (AvgIpc) is 3.55. The summed E-state index contributed by atoms with van der Waals surface area (Å²) in [6.07, 6.45) is 4.45. The first-order valence-electron chi connectivity index (χ1n) is 10.00. The summed E-state index contributed by atoms with van der Waals surface area (Å²) in [6, 6.07) is 8.68. The maximum absolute atomic E-state index is 5.39. The van der Waals surface area contributed by atoms with Gasteiger partial charge in [-0.05, 0) is 23.3 Å². The van der Waals surface area contributed by atoms with Gasteiger partial charge in [-0.3, -0.25) is 5.10 Å². The van der Waals surface area contributed by atoms with E-state index in [9.17, 15) is 0 Å². The molecule has 1 aliphatic rings. The van der Waals surface area contributed by atoms with Gasteiger partial charge in [0, 0.05) is 41.8 Å². The number of thiophene rings is 1. The van der Waals surface area contributed by atoms with E-state index in [-0.39, 0.29) is 0 Å². The maximum atomic E-state index is 5.39. The molecular weight excluding hydrogens is 410 g/mol. The van der Waals surface area contributed by atoms with Crippen molar-refractivity contribution in [3.63, 3.8) is 0 Å². The molecule has 0 unspecified atom stereocenters. The molecule has 1 N–H and O–H groups in total. The molecule has 0 aliphatic heterocycles. The Morgan fingerprint density at radius 3 is 3.10 bits per heavy atom. The Bertz CT molecular complexity index is 1250. The fraction of sp³-hybridized carbons (Fsp3) is 0.261. The molecule has 156 valence electrons. The van der Waals surface area contributed by atoms with Crippen LogP contribution in [0.15, 0.2) is 42.0 Å². The normalized spacial score (nSPS) is 11.8. The van der Waals surface area contributed by atoms with Gasteiger partial charge in [0.25, 0.3) is 0 Å². The minimum atomic E-state index is 0.403. The zero-order valence-corrected chi connectivity index (χ0v) is 17.9. The monoisotopic (exact) mass is 431 g/mol.